The summed E-state index contributed by atoms with van der Waals surface area (Å²) in [6.45, 7) is 2.98. The van der Waals surface area contributed by atoms with Crippen molar-refractivity contribution in [3.8, 4) is 0 Å². The summed E-state index contributed by atoms with van der Waals surface area (Å²) in [6, 6.07) is 4.29. The van der Waals surface area contributed by atoms with Gasteiger partial charge < -0.3 is 14.4 Å². The summed E-state index contributed by atoms with van der Waals surface area (Å²) in [5.74, 6) is 0.978. The fourth-order valence-electron chi connectivity index (χ4n) is 2.67. The van der Waals surface area contributed by atoms with Crippen LogP contribution in [0.25, 0.3) is 0 Å². The smallest absolute Gasteiger partial charge is 0.410 e. The van der Waals surface area contributed by atoms with E-state index in [2.05, 4.69) is 17.5 Å². The van der Waals surface area contributed by atoms with Crippen LogP contribution in [-0.2, 0) is 9.47 Å². The molecule has 116 valence electrons. The Morgan fingerprint density at radius 1 is 1.29 bits per heavy atom. The lowest BCUT2D eigenvalue weighted by Crippen LogP contribution is -2.37. The third kappa shape index (κ3) is 4.14. The molecule has 0 spiro atoms. The Morgan fingerprint density at radius 3 is 2.90 bits per heavy atom. The molecular weight excluding hydrogens is 306 g/mol. The number of carbonyl (C=O) groups is 1. The van der Waals surface area contributed by atoms with Crippen molar-refractivity contribution in [3.63, 3.8) is 0 Å². The largest absolute Gasteiger partial charge is 0.446 e. The number of nitrogens with zero attached hydrogens (tertiary/aromatic N) is 1. The molecule has 0 aliphatic carbocycles. The number of thioether (sulfide) groups is 1. The second-order valence-corrected chi connectivity index (χ2v) is 7.64. The van der Waals surface area contributed by atoms with Crippen molar-refractivity contribution in [3.05, 3.63) is 22.4 Å². The van der Waals surface area contributed by atoms with E-state index in [9.17, 15) is 4.79 Å². The fourth-order valence-corrected chi connectivity index (χ4v) is 4.90. The van der Waals surface area contributed by atoms with E-state index < -0.39 is 0 Å². The molecule has 1 aromatic heterocycles. The number of hydrogen-bond acceptors (Lipinski definition) is 5. The topological polar surface area (TPSA) is 38.8 Å². The lowest BCUT2D eigenvalue weighted by molar-refractivity contribution is -0.00961. The molecule has 2 aliphatic rings. The van der Waals surface area contributed by atoms with Crippen molar-refractivity contribution in [2.75, 3.05) is 32.1 Å². The highest BCUT2D eigenvalue weighted by atomic mass is 32.2. The lowest BCUT2D eigenvalue weighted by Gasteiger charge is -2.26. The first kappa shape index (κ1) is 15.2. The first-order chi connectivity index (χ1) is 10.3. The summed E-state index contributed by atoms with van der Waals surface area (Å²) in [5, 5.41) is 2.64. The van der Waals surface area contributed by atoms with E-state index in [1.54, 1.807) is 0 Å². The van der Waals surface area contributed by atoms with Crippen LogP contribution in [0, 0.1) is 0 Å². The molecule has 1 atom stereocenters. The number of hydrogen-bond donors (Lipinski definition) is 0. The van der Waals surface area contributed by atoms with Crippen LogP contribution < -0.4 is 0 Å². The third-order valence-electron chi connectivity index (χ3n) is 3.90. The number of ether oxygens (including phenoxy) is 2. The van der Waals surface area contributed by atoms with Crippen molar-refractivity contribution in [2.24, 2.45) is 0 Å². The molecule has 21 heavy (non-hydrogen) atoms. The van der Waals surface area contributed by atoms with Gasteiger partial charge in [0.25, 0.3) is 0 Å². The summed E-state index contributed by atoms with van der Waals surface area (Å²) in [6.07, 6.45) is 2.55. The molecule has 0 radical (unpaired) electrons. The minimum absolute atomic E-state index is 0.0373. The molecule has 2 aliphatic heterocycles. The lowest BCUT2D eigenvalue weighted by atomic mass is 10.2. The first-order valence-corrected chi connectivity index (χ1v) is 9.44. The molecule has 4 nitrogen and oxygen atoms in total. The molecule has 2 fully saturated rings. The molecule has 3 rings (SSSR count). The second kappa shape index (κ2) is 7.51. The van der Waals surface area contributed by atoms with Gasteiger partial charge in [-0.05, 0) is 17.9 Å². The average molecular weight is 327 g/mol. The van der Waals surface area contributed by atoms with Gasteiger partial charge in [-0.25, -0.2) is 4.79 Å². The van der Waals surface area contributed by atoms with Gasteiger partial charge in [0, 0.05) is 41.8 Å². The van der Waals surface area contributed by atoms with E-state index in [0.29, 0.717) is 18.5 Å². The van der Waals surface area contributed by atoms with Crippen molar-refractivity contribution in [1.29, 1.82) is 0 Å². The van der Waals surface area contributed by atoms with E-state index in [0.717, 1.165) is 38.1 Å². The summed E-state index contributed by atoms with van der Waals surface area (Å²) in [4.78, 5) is 15.6. The Bertz CT molecular complexity index is 446. The minimum atomic E-state index is -0.144. The van der Waals surface area contributed by atoms with Gasteiger partial charge in [0.2, 0.25) is 0 Å². The number of rotatable bonds is 2. The normalized spacial score (nSPS) is 24.6. The fraction of sp³-hybridized carbons (Fsp3) is 0.667. The van der Waals surface area contributed by atoms with E-state index in [1.807, 2.05) is 28.0 Å². The summed E-state index contributed by atoms with van der Waals surface area (Å²) < 4.78 is 10.9. The van der Waals surface area contributed by atoms with Gasteiger partial charge in [-0.1, -0.05) is 6.07 Å². The van der Waals surface area contributed by atoms with Gasteiger partial charge in [0.05, 0.1) is 13.2 Å². The standard InChI is InChI=1S/C15H21NO3S2/c17-15(19-12-4-8-18-9-5-12)16-6-3-14(21-11-7-16)13-2-1-10-20-13/h1-2,10,12,14H,3-9,11H2/t14-/m1/s1. The Kier molecular flexibility index (Phi) is 5.43. The summed E-state index contributed by atoms with van der Waals surface area (Å²) >= 11 is 3.76. The second-order valence-electron chi connectivity index (χ2n) is 5.35. The maximum atomic E-state index is 12.3. The zero-order valence-corrected chi connectivity index (χ0v) is 13.7. The van der Waals surface area contributed by atoms with Gasteiger partial charge in [-0.2, -0.15) is 11.8 Å². The van der Waals surface area contributed by atoms with Crippen LogP contribution in [0.2, 0.25) is 0 Å². The van der Waals surface area contributed by atoms with Crippen LogP contribution in [0.5, 0.6) is 0 Å². The van der Waals surface area contributed by atoms with Gasteiger partial charge in [0.15, 0.2) is 0 Å². The van der Waals surface area contributed by atoms with Crippen molar-refractivity contribution in [2.45, 2.75) is 30.6 Å². The average Bonchev–Trinajstić information content (AvgIpc) is 2.93. The van der Waals surface area contributed by atoms with Crippen molar-refractivity contribution < 1.29 is 14.3 Å². The number of carbonyl (C=O) groups excluding carboxylic acids is 1. The highest BCUT2D eigenvalue weighted by Gasteiger charge is 2.26. The molecule has 0 aromatic carbocycles. The van der Waals surface area contributed by atoms with E-state index >= 15 is 0 Å². The Hall–Kier alpha value is -0.720. The van der Waals surface area contributed by atoms with Crippen LogP contribution in [0.4, 0.5) is 4.79 Å². The van der Waals surface area contributed by atoms with Crippen molar-refractivity contribution >= 4 is 29.2 Å². The molecule has 6 heteroatoms. The van der Waals surface area contributed by atoms with Crippen LogP contribution in [0.1, 0.15) is 29.4 Å². The highest BCUT2D eigenvalue weighted by Crippen LogP contribution is 2.36. The van der Waals surface area contributed by atoms with E-state index in [-0.39, 0.29) is 12.2 Å². The minimum Gasteiger partial charge on any atom is -0.446 e. The Labute approximate surface area is 133 Å². The number of amides is 1. The predicted molar refractivity (Wildman–Crippen MR) is 86.0 cm³/mol. The van der Waals surface area contributed by atoms with E-state index in [4.69, 9.17) is 9.47 Å². The zero-order chi connectivity index (χ0) is 14.5. The monoisotopic (exact) mass is 327 g/mol. The third-order valence-corrected chi connectivity index (χ3v) is 6.34. The molecule has 0 saturated carbocycles. The zero-order valence-electron chi connectivity index (χ0n) is 12.0. The highest BCUT2D eigenvalue weighted by molar-refractivity contribution is 7.99. The van der Waals surface area contributed by atoms with E-state index in [1.165, 1.54) is 4.88 Å². The molecule has 1 aromatic rings. The first-order valence-electron chi connectivity index (χ1n) is 7.51. The molecule has 0 N–H and O–H groups in total. The molecule has 2 saturated heterocycles. The molecule has 1 amide bonds. The Balaban J connectivity index is 1.51. The van der Waals surface area contributed by atoms with Gasteiger partial charge in [-0.15, -0.1) is 11.3 Å². The maximum Gasteiger partial charge on any atom is 0.410 e. The molecule has 0 unspecified atom stereocenters. The maximum absolute atomic E-state index is 12.3. The number of thiophene rings is 1. The van der Waals surface area contributed by atoms with Gasteiger partial charge >= 0.3 is 6.09 Å². The van der Waals surface area contributed by atoms with Crippen LogP contribution in [0.15, 0.2) is 17.5 Å². The van der Waals surface area contributed by atoms with Crippen LogP contribution in [-0.4, -0.2) is 49.2 Å². The summed E-state index contributed by atoms with van der Waals surface area (Å²) in [7, 11) is 0. The molecule has 0 bridgehead atoms. The van der Waals surface area contributed by atoms with Crippen molar-refractivity contribution in [1.82, 2.24) is 4.90 Å². The molecular formula is C15H21NO3S2. The van der Waals surface area contributed by atoms with Gasteiger partial charge in [0.1, 0.15) is 6.10 Å². The summed E-state index contributed by atoms with van der Waals surface area (Å²) in [5.41, 5.74) is 0. The molecule has 3 heterocycles. The SMILES string of the molecule is O=C(OC1CCOCC1)N1CCS[C@@H](c2cccs2)CC1. The van der Waals surface area contributed by atoms with Crippen LogP contribution in [0.3, 0.4) is 0 Å². The predicted octanol–water partition coefficient (Wildman–Crippen LogP) is 3.54. The quantitative estimate of drug-likeness (QED) is 0.833. The van der Waals surface area contributed by atoms with Gasteiger partial charge in [-0.3, -0.25) is 0 Å². The Morgan fingerprint density at radius 2 is 2.14 bits per heavy atom. The van der Waals surface area contributed by atoms with Crippen LogP contribution >= 0.6 is 23.1 Å².